The third kappa shape index (κ3) is 5.90. The van der Waals surface area contributed by atoms with Crippen LogP contribution in [0.25, 0.3) is 0 Å². The third-order valence-corrected chi connectivity index (χ3v) is 5.61. The number of esters is 1. The van der Waals surface area contributed by atoms with E-state index in [9.17, 15) is 15.0 Å². The summed E-state index contributed by atoms with van der Waals surface area (Å²) < 4.78 is 5.33. The van der Waals surface area contributed by atoms with Crippen molar-refractivity contribution < 1.29 is 19.7 Å². The molecule has 0 aliphatic carbocycles. The van der Waals surface area contributed by atoms with Gasteiger partial charge >= 0.3 is 5.97 Å². The van der Waals surface area contributed by atoms with Crippen LogP contribution in [-0.2, 0) is 9.53 Å². The molecule has 0 aliphatic heterocycles. The summed E-state index contributed by atoms with van der Waals surface area (Å²) in [5.41, 5.74) is 1.61. The van der Waals surface area contributed by atoms with Crippen molar-refractivity contribution in [3.8, 4) is 11.5 Å². The van der Waals surface area contributed by atoms with Gasteiger partial charge < -0.3 is 14.9 Å². The number of benzene rings is 2. The number of carbonyl (C=O) groups excluding carboxylic acids is 1. The second-order valence-corrected chi connectivity index (χ2v) is 8.26. The molecule has 1 unspecified atom stereocenters. The number of phenolic OH excluding ortho intramolecular Hbond substituents is 2. The molecule has 1 atom stereocenters. The molecule has 25 heavy (non-hydrogen) atoms. The Morgan fingerprint density at radius 2 is 1.60 bits per heavy atom. The monoisotopic (exact) mass is 378 g/mol. The van der Waals surface area contributed by atoms with Gasteiger partial charge in [-0.3, -0.25) is 4.79 Å². The molecule has 134 valence electrons. The Kier molecular flexibility index (Phi) is 7.08. The molecule has 0 fully saturated rings. The smallest absolute Gasteiger partial charge is 0.319 e. The van der Waals surface area contributed by atoms with Gasteiger partial charge in [0, 0.05) is 15.5 Å². The highest BCUT2D eigenvalue weighted by molar-refractivity contribution is 8.00. The van der Waals surface area contributed by atoms with Crippen LogP contribution < -0.4 is 0 Å². The summed E-state index contributed by atoms with van der Waals surface area (Å²) in [6.07, 6.45) is 0. The summed E-state index contributed by atoms with van der Waals surface area (Å²) in [7, 11) is 0. The molecule has 0 bridgehead atoms. The lowest BCUT2D eigenvalue weighted by molar-refractivity contribution is -0.141. The molecule has 0 saturated heterocycles. The average molecular weight is 379 g/mol. The van der Waals surface area contributed by atoms with Gasteiger partial charge in [0.05, 0.1) is 0 Å². The molecular formula is C19H22O4S2. The lowest BCUT2D eigenvalue weighted by Crippen LogP contribution is -2.18. The second kappa shape index (κ2) is 9.06. The van der Waals surface area contributed by atoms with Crippen molar-refractivity contribution in [2.24, 2.45) is 0 Å². The van der Waals surface area contributed by atoms with Gasteiger partial charge in [-0.2, -0.15) is 0 Å². The zero-order chi connectivity index (χ0) is 18.4. The average Bonchev–Trinajstić information content (AvgIpc) is 2.58. The topological polar surface area (TPSA) is 66.8 Å². The van der Waals surface area contributed by atoms with E-state index in [1.807, 2.05) is 39.0 Å². The zero-order valence-electron chi connectivity index (χ0n) is 14.5. The second-order valence-electron chi connectivity index (χ2n) is 5.67. The van der Waals surface area contributed by atoms with Crippen LogP contribution in [0.1, 0.15) is 18.1 Å². The van der Waals surface area contributed by atoms with Crippen LogP contribution >= 0.6 is 23.5 Å². The fourth-order valence-corrected chi connectivity index (χ4v) is 3.88. The molecule has 0 saturated carbocycles. The molecular weight excluding hydrogens is 356 g/mol. The van der Waals surface area contributed by atoms with Gasteiger partial charge in [-0.1, -0.05) is 0 Å². The van der Waals surface area contributed by atoms with E-state index in [1.54, 1.807) is 30.0 Å². The molecule has 2 aromatic rings. The standard InChI is InChI=1S/C19H22O4S2/c1-12-10-15(4-6-17(12)20)24-9-8-23-19(22)14(3)25-16-5-7-18(21)13(2)11-16/h4-7,10-11,14,20-21H,8-9H2,1-3H3. The minimum Gasteiger partial charge on any atom is -0.508 e. The Bertz CT molecular complexity index is 746. The first-order valence-corrected chi connectivity index (χ1v) is 9.78. The summed E-state index contributed by atoms with van der Waals surface area (Å²) in [6, 6.07) is 10.7. The van der Waals surface area contributed by atoms with E-state index in [4.69, 9.17) is 4.74 Å². The van der Waals surface area contributed by atoms with E-state index in [1.165, 1.54) is 11.8 Å². The van der Waals surface area contributed by atoms with Crippen LogP contribution in [0, 0.1) is 13.8 Å². The van der Waals surface area contributed by atoms with Crippen LogP contribution in [-0.4, -0.2) is 33.8 Å². The summed E-state index contributed by atoms with van der Waals surface area (Å²) in [5.74, 6) is 0.941. The zero-order valence-corrected chi connectivity index (χ0v) is 16.1. The Labute approximate surface area is 156 Å². The number of aryl methyl sites for hydroxylation is 2. The minimum atomic E-state index is -0.315. The van der Waals surface area contributed by atoms with Crippen LogP contribution in [0.15, 0.2) is 46.2 Å². The Morgan fingerprint density at radius 1 is 1.04 bits per heavy atom. The normalized spacial score (nSPS) is 12.0. The van der Waals surface area contributed by atoms with E-state index >= 15 is 0 Å². The van der Waals surface area contributed by atoms with Gasteiger partial charge in [0.1, 0.15) is 23.4 Å². The van der Waals surface area contributed by atoms with E-state index in [0.717, 1.165) is 20.9 Å². The number of hydrogen-bond donors (Lipinski definition) is 2. The van der Waals surface area contributed by atoms with Crippen molar-refractivity contribution >= 4 is 29.5 Å². The summed E-state index contributed by atoms with van der Waals surface area (Å²) >= 11 is 2.99. The number of carbonyl (C=O) groups is 1. The van der Waals surface area contributed by atoms with Crippen molar-refractivity contribution in [3.05, 3.63) is 47.5 Å². The first-order valence-electron chi connectivity index (χ1n) is 7.92. The van der Waals surface area contributed by atoms with Gasteiger partial charge in [-0.25, -0.2) is 0 Å². The first-order chi connectivity index (χ1) is 11.9. The van der Waals surface area contributed by atoms with E-state index in [2.05, 4.69) is 0 Å². The lowest BCUT2D eigenvalue weighted by atomic mass is 10.2. The molecule has 0 heterocycles. The molecule has 4 nitrogen and oxygen atoms in total. The van der Waals surface area contributed by atoms with Crippen LogP contribution in [0.3, 0.4) is 0 Å². The molecule has 0 aliphatic rings. The minimum absolute atomic E-state index is 0.251. The number of thioether (sulfide) groups is 2. The highest BCUT2D eigenvalue weighted by Gasteiger charge is 2.16. The van der Waals surface area contributed by atoms with Gasteiger partial charge in [-0.05, 0) is 68.3 Å². The summed E-state index contributed by atoms with van der Waals surface area (Å²) in [6.45, 7) is 5.82. The van der Waals surface area contributed by atoms with E-state index in [-0.39, 0.29) is 22.7 Å². The fraction of sp³-hybridized carbons (Fsp3) is 0.316. The number of ether oxygens (including phenoxy) is 1. The Morgan fingerprint density at radius 3 is 2.20 bits per heavy atom. The summed E-state index contributed by atoms with van der Waals surface area (Å²) in [5, 5.41) is 18.7. The maximum absolute atomic E-state index is 12.1. The Hall–Kier alpha value is -1.79. The predicted molar refractivity (Wildman–Crippen MR) is 103 cm³/mol. The van der Waals surface area contributed by atoms with Crippen LogP contribution in [0.4, 0.5) is 0 Å². The number of aromatic hydroxyl groups is 2. The molecule has 0 spiro atoms. The maximum atomic E-state index is 12.1. The molecule has 6 heteroatoms. The predicted octanol–water partition coefficient (Wildman–Crippen LogP) is 4.53. The van der Waals surface area contributed by atoms with Crippen molar-refractivity contribution in [1.29, 1.82) is 0 Å². The largest absolute Gasteiger partial charge is 0.508 e. The quantitative estimate of drug-likeness (QED) is 0.419. The third-order valence-electron chi connectivity index (χ3n) is 3.58. The maximum Gasteiger partial charge on any atom is 0.319 e. The fourth-order valence-electron chi connectivity index (χ4n) is 2.09. The van der Waals surface area contributed by atoms with Crippen molar-refractivity contribution in [3.63, 3.8) is 0 Å². The van der Waals surface area contributed by atoms with Crippen LogP contribution in [0.5, 0.6) is 11.5 Å². The van der Waals surface area contributed by atoms with Crippen molar-refractivity contribution in [2.45, 2.75) is 35.8 Å². The van der Waals surface area contributed by atoms with Gasteiger partial charge in [-0.15, -0.1) is 23.5 Å². The molecule has 0 aromatic heterocycles. The molecule has 0 amide bonds. The highest BCUT2D eigenvalue weighted by Crippen LogP contribution is 2.28. The molecule has 2 rings (SSSR count). The number of phenols is 2. The van der Waals surface area contributed by atoms with Gasteiger partial charge in [0.2, 0.25) is 0 Å². The van der Waals surface area contributed by atoms with Gasteiger partial charge in [0.25, 0.3) is 0 Å². The molecule has 2 aromatic carbocycles. The van der Waals surface area contributed by atoms with E-state index in [0.29, 0.717) is 12.4 Å². The van der Waals surface area contributed by atoms with Crippen molar-refractivity contribution in [1.82, 2.24) is 0 Å². The number of hydrogen-bond acceptors (Lipinski definition) is 6. The molecule has 2 N–H and O–H groups in total. The van der Waals surface area contributed by atoms with Crippen molar-refractivity contribution in [2.75, 3.05) is 12.4 Å². The molecule has 0 radical (unpaired) electrons. The highest BCUT2D eigenvalue weighted by atomic mass is 32.2. The SMILES string of the molecule is Cc1cc(SCCOC(=O)C(C)Sc2ccc(O)c(C)c2)ccc1O. The van der Waals surface area contributed by atoms with E-state index < -0.39 is 0 Å². The summed E-state index contributed by atoms with van der Waals surface area (Å²) in [4.78, 5) is 14.0. The van der Waals surface area contributed by atoms with Crippen LogP contribution in [0.2, 0.25) is 0 Å². The lowest BCUT2D eigenvalue weighted by Gasteiger charge is -2.12. The van der Waals surface area contributed by atoms with Gasteiger partial charge in [0.15, 0.2) is 0 Å². The number of rotatable bonds is 7. The first kappa shape index (κ1) is 19.5. The Balaban J connectivity index is 1.75.